The fourth-order valence-electron chi connectivity index (χ4n) is 5.78. The van der Waals surface area contributed by atoms with Crippen LogP contribution in [0.5, 0.6) is 17.2 Å². The zero-order chi connectivity index (χ0) is 33.4. The molecule has 0 spiro atoms. The lowest BCUT2D eigenvalue weighted by Gasteiger charge is -2.42. The molecule has 0 aromatic heterocycles. The standard InChI is InChI=1S/C38H45NO8/c1-38(2,3)47-37(42)39-22-33(41)36(35(23-39)46-24-26-10-11-27-12-15-31(40)21-30(27)20-26)28-13-16-32(17-14-28)45-19-7-18-44-25-29-8-5-6-9-34(29)43-4/h5-6,8-17,20-21,33,35-36,40-41H,7,18-19,22-25H2,1-4H3. The van der Waals surface area contributed by atoms with E-state index in [4.69, 9.17) is 23.7 Å². The van der Waals surface area contributed by atoms with Crippen molar-refractivity contribution in [3.05, 3.63) is 102 Å². The first-order valence-corrected chi connectivity index (χ1v) is 16.0. The van der Waals surface area contributed by atoms with Crippen molar-refractivity contribution in [2.75, 3.05) is 33.4 Å². The van der Waals surface area contributed by atoms with E-state index in [1.165, 1.54) is 4.90 Å². The van der Waals surface area contributed by atoms with Gasteiger partial charge in [-0.2, -0.15) is 0 Å². The van der Waals surface area contributed by atoms with Crippen LogP contribution >= 0.6 is 0 Å². The SMILES string of the molecule is COc1ccccc1COCCCOc1ccc(C2C(O)CN(C(=O)OC(C)(C)C)CC2OCc2ccc3ccc(O)cc3c2)cc1. The molecular formula is C38H45NO8. The predicted octanol–water partition coefficient (Wildman–Crippen LogP) is 6.82. The number of phenolic OH excluding ortho intramolecular Hbond substituents is 1. The third-order valence-electron chi connectivity index (χ3n) is 8.04. The zero-order valence-corrected chi connectivity index (χ0v) is 27.6. The maximum atomic E-state index is 13.0. The number of methoxy groups -OCH3 is 1. The number of para-hydroxylation sites is 1. The molecule has 1 fully saturated rings. The van der Waals surface area contributed by atoms with Crippen LogP contribution in [0.3, 0.4) is 0 Å². The second-order valence-electron chi connectivity index (χ2n) is 12.8. The van der Waals surface area contributed by atoms with Crippen molar-refractivity contribution >= 4 is 16.9 Å². The van der Waals surface area contributed by atoms with Crippen molar-refractivity contribution in [1.82, 2.24) is 4.90 Å². The summed E-state index contributed by atoms with van der Waals surface area (Å²) in [6, 6.07) is 26.7. The smallest absolute Gasteiger partial charge is 0.410 e. The second kappa shape index (κ2) is 15.5. The molecule has 0 radical (unpaired) electrons. The molecule has 0 saturated carbocycles. The van der Waals surface area contributed by atoms with Gasteiger partial charge in [-0.25, -0.2) is 4.79 Å². The maximum absolute atomic E-state index is 13.0. The number of aliphatic hydroxyl groups excluding tert-OH is 1. The Hall–Kier alpha value is -4.31. The first kappa shape index (κ1) is 34.0. The summed E-state index contributed by atoms with van der Waals surface area (Å²) in [6.45, 7) is 7.63. The van der Waals surface area contributed by atoms with Crippen LogP contribution < -0.4 is 9.47 Å². The van der Waals surface area contributed by atoms with E-state index < -0.39 is 23.9 Å². The molecule has 0 bridgehead atoms. The van der Waals surface area contributed by atoms with Crippen LogP contribution in [0, 0.1) is 0 Å². The van der Waals surface area contributed by atoms with E-state index in [1.54, 1.807) is 19.2 Å². The number of hydrogen-bond donors (Lipinski definition) is 2. The minimum Gasteiger partial charge on any atom is -0.508 e. The Bertz CT molecular complexity index is 1620. The van der Waals surface area contributed by atoms with Gasteiger partial charge in [-0.15, -0.1) is 0 Å². The van der Waals surface area contributed by atoms with Gasteiger partial charge in [-0.1, -0.05) is 48.5 Å². The third kappa shape index (κ3) is 9.38. The van der Waals surface area contributed by atoms with E-state index >= 15 is 0 Å². The van der Waals surface area contributed by atoms with Crippen molar-refractivity contribution < 1.29 is 38.7 Å². The Kier molecular flexibility index (Phi) is 11.2. The van der Waals surface area contributed by atoms with Gasteiger partial charge in [0.15, 0.2) is 0 Å². The molecule has 47 heavy (non-hydrogen) atoms. The first-order chi connectivity index (χ1) is 22.6. The average molecular weight is 644 g/mol. The van der Waals surface area contributed by atoms with E-state index in [1.807, 2.05) is 93.6 Å². The Morgan fingerprint density at radius 2 is 1.66 bits per heavy atom. The van der Waals surface area contributed by atoms with Crippen molar-refractivity contribution in [2.45, 2.75) is 64.1 Å². The number of carbonyl (C=O) groups is 1. The number of rotatable bonds is 12. The molecule has 4 aromatic carbocycles. The predicted molar refractivity (Wildman–Crippen MR) is 180 cm³/mol. The molecule has 9 heteroatoms. The molecule has 1 saturated heterocycles. The minimum atomic E-state index is -0.873. The van der Waals surface area contributed by atoms with Crippen LogP contribution in [-0.4, -0.2) is 72.4 Å². The topological polar surface area (TPSA) is 107 Å². The van der Waals surface area contributed by atoms with E-state index in [2.05, 4.69) is 0 Å². The van der Waals surface area contributed by atoms with E-state index in [-0.39, 0.29) is 31.4 Å². The molecule has 2 N–H and O–H groups in total. The summed E-state index contributed by atoms with van der Waals surface area (Å²) in [7, 11) is 1.65. The quantitative estimate of drug-likeness (QED) is 0.162. The van der Waals surface area contributed by atoms with Gasteiger partial charge < -0.3 is 38.8 Å². The van der Waals surface area contributed by atoms with Crippen molar-refractivity contribution in [2.24, 2.45) is 0 Å². The highest BCUT2D eigenvalue weighted by molar-refractivity contribution is 5.84. The number of fused-ring (bicyclic) bond motifs is 1. The Balaban J connectivity index is 1.21. The fraction of sp³-hybridized carbons (Fsp3) is 0.395. The van der Waals surface area contributed by atoms with Crippen molar-refractivity contribution in [3.63, 3.8) is 0 Å². The maximum Gasteiger partial charge on any atom is 0.410 e. The highest BCUT2D eigenvalue weighted by Gasteiger charge is 2.40. The summed E-state index contributed by atoms with van der Waals surface area (Å²) >= 11 is 0. The second-order valence-corrected chi connectivity index (χ2v) is 12.8. The number of carbonyl (C=O) groups excluding carboxylic acids is 1. The number of phenols is 1. The molecule has 1 amide bonds. The molecule has 9 nitrogen and oxygen atoms in total. The van der Waals surface area contributed by atoms with Gasteiger partial charge in [0, 0.05) is 17.9 Å². The summed E-state index contributed by atoms with van der Waals surface area (Å²) < 4.78 is 29.2. The van der Waals surface area contributed by atoms with Crippen molar-refractivity contribution in [1.29, 1.82) is 0 Å². The molecule has 1 aliphatic rings. The van der Waals surface area contributed by atoms with Gasteiger partial charge in [0.25, 0.3) is 0 Å². The van der Waals surface area contributed by atoms with Gasteiger partial charge in [-0.3, -0.25) is 0 Å². The lowest BCUT2D eigenvalue weighted by atomic mass is 9.84. The summed E-state index contributed by atoms with van der Waals surface area (Å²) in [5.74, 6) is 1.35. The first-order valence-electron chi connectivity index (χ1n) is 16.0. The lowest BCUT2D eigenvalue weighted by Crippen LogP contribution is -2.54. The molecule has 3 atom stereocenters. The molecule has 0 aliphatic carbocycles. The van der Waals surface area contributed by atoms with Gasteiger partial charge in [0.1, 0.15) is 22.8 Å². The van der Waals surface area contributed by atoms with E-state index in [0.717, 1.165) is 45.4 Å². The number of nitrogens with zero attached hydrogens (tertiary/aromatic N) is 1. The van der Waals surface area contributed by atoms with Crippen LogP contribution in [0.4, 0.5) is 4.79 Å². The van der Waals surface area contributed by atoms with Gasteiger partial charge >= 0.3 is 6.09 Å². The highest BCUT2D eigenvalue weighted by Crippen LogP contribution is 2.34. The number of amides is 1. The van der Waals surface area contributed by atoms with Crippen LogP contribution in [0.1, 0.15) is 49.8 Å². The van der Waals surface area contributed by atoms with Crippen molar-refractivity contribution in [3.8, 4) is 17.2 Å². The number of aromatic hydroxyl groups is 1. The number of benzene rings is 4. The number of aliphatic hydroxyl groups is 1. The summed E-state index contributed by atoms with van der Waals surface area (Å²) in [5, 5.41) is 23.2. The molecule has 250 valence electrons. The number of ether oxygens (including phenoxy) is 5. The van der Waals surface area contributed by atoms with Crippen LogP contribution in [0.25, 0.3) is 10.8 Å². The molecule has 3 unspecified atom stereocenters. The Morgan fingerprint density at radius 1 is 0.894 bits per heavy atom. The van der Waals surface area contributed by atoms with E-state index in [9.17, 15) is 15.0 Å². The Labute approximate surface area is 276 Å². The summed E-state index contributed by atoms with van der Waals surface area (Å²) in [5.41, 5.74) is 2.15. The summed E-state index contributed by atoms with van der Waals surface area (Å²) in [4.78, 5) is 14.5. The monoisotopic (exact) mass is 643 g/mol. The summed E-state index contributed by atoms with van der Waals surface area (Å²) in [6.07, 6.45) is -1.14. The lowest BCUT2D eigenvalue weighted by molar-refractivity contribution is -0.0755. The number of likely N-dealkylation sites (tertiary alicyclic amines) is 1. The van der Waals surface area contributed by atoms with Gasteiger partial charge in [-0.05, 0) is 79.1 Å². The zero-order valence-electron chi connectivity index (χ0n) is 27.6. The third-order valence-corrected chi connectivity index (χ3v) is 8.04. The number of piperidine rings is 1. The molecular weight excluding hydrogens is 598 g/mol. The molecule has 5 rings (SSSR count). The van der Waals surface area contributed by atoms with Crippen LogP contribution in [0.15, 0.2) is 84.9 Å². The van der Waals surface area contributed by atoms with Gasteiger partial charge in [0.05, 0.1) is 58.8 Å². The average Bonchev–Trinajstić information content (AvgIpc) is 3.04. The molecule has 4 aromatic rings. The van der Waals surface area contributed by atoms with Crippen LogP contribution in [-0.2, 0) is 27.4 Å². The van der Waals surface area contributed by atoms with Gasteiger partial charge in [0.2, 0.25) is 0 Å². The molecule has 1 heterocycles. The normalized spacial score (nSPS) is 18.2. The number of hydrogen-bond acceptors (Lipinski definition) is 8. The highest BCUT2D eigenvalue weighted by atomic mass is 16.6. The van der Waals surface area contributed by atoms with E-state index in [0.29, 0.717) is 19.8 Å². The fourth-order valence-corrected chi connectivity index (χ4v) is 5.78. The Morgan fingerprint density at radius 3 is 2.43 bits per heavy atom. The molecule has 1 aliphatic heterocycles. The van der Waals surface area contributed by atoms with Crippen LogP contribution in [0.2, 0.25) is 0 Å². The minimum absolute atomic E-state index is 0.127. The number of β-amino-alcohol motifs (C(OH)–C–C–N with tert-alkyl or cyclic N) is 1. The largest absolute Gasteiger partial charge is 0.508 e.